The van der Waals surface area contributed by atoms with E-state index in [1.54, 1.807) is 0 Å². The molecule has 0 fully saturated rings. The summed E-state index contributed by atoms with van der Waals surface area (Å²) in [6.07, 6.45) is 0. The van der Waals surface area contributed by atoms with Crippen LogP contribution in [0, 0.1) is 11.3 Å². The van der Waals surface area contributed by atoms with Gasteiger partial charge >= 0.3 is 0 Å². The molecule has 0 saturated carbocycles. The molecule has 0 aliphatic carbocycles. The zero-order valence-corrected chi connectivity index (χ0v) is 12.7. The van der Waals surface area contributed by atoms with Crippen molar-refractivity contribution >= 4 is 34.0 Å². The van der Waals surface area contributed by atoms with Crippen LogP contribution in [0.15, 0.2) is 30.3 Å². The highest BCUT2D eigenvalue weighted by molar-refractivity contribution is 7.19. The molecule has 0 bridgehead atoms. The average Bonchev–Trinajstić information content (AvgIpc) is 3.00. The van der Waals surface area contributed by atoms with Crippen molar-refractivity contribution in [3.63, 3.8) is 0 Å². The van der Waals surface area contributed by atoms with Crippen molar-refractivity contribution in [3.8, 4) is 16.8 Å². The molecule has 1 aromatic carbocycles. The Bertz CT molecular complexity index is 823. The van der Waals surface area contributed by atoms with E-state index in [2.05, 4.69) is 29.5 Å². The van der Waals surface area contributed by atoms with Gasteiger partial charge in [-0.3, -0.25) is 0 Å². The van der Waals surface area contributed by atoms with E-state index in [0.29, 0.717) is 5.56 Å². The summed E-state index contributed by atoms with van der Waals surface area (Å²) < 4.78 is 2.93. The first-order valence-corrected chi connectivity index (χ1v) is 7.47. The summed E-state index contributed by atoms with van der Waals surface area (Å²) in [5.74, 6) is 0.905. The molecule has 100 valence electrons. The van der Waals surface area contributed by atoms with E-state index >= 15 is 0 Å². The molecule has 0 atom stereocenters. The van der Waals surface area contributed by atoms with Crippen LogP contribution < -0.4 is 0 Å². The van der Waals surface area contributed by atoms with Gasteiger partial charge in [0, 0.05) is 6.04 Å². The number of thiophene rings is 1. The van der Waals surface area contributed by atoms with Crippen LogP contribution in [0.25, 0.3) is 21.7 Å². The van der Waals surface area contributed by atoms with Gasteiger partial charge in [0.1, 0.15) is 0 Å². The van der Waals surface area contributed by atoms with Gasteiger partial charge in [-0.1, -0.05) is 11.6 Å². The Morgan fingerprint density at radius 2 is 2.10 bits per heavy atom. The van der Waals surface area contributed by atoms with E-state index < -0.39 is 0 Å². The summed E-state index contributed by atoms with van der Waals surface area (Å²) in [6.45, 7) is 4.25. The van der Waals surface area contributed by atoms with Gasteiger partial charge in [0.2, 0.25) is 0 Å². The molecular weight excluding hydrogens is 290 g/mol. The molecule has 3 rings (SSSR count). The summed E-state index contributed by atoms with van der Waals surface area (Å²) in [6, 6.07) is 11.9. The highest BCUT2D eigenvalue weighted by Gasteiger charge is 2.16. The molecule has 0 unspecified atom stereocenters. The minimum Gasteiger partial charge on any atom is -0.321 e. The topological polar surface area (TPSA) is 41.6 Å². The highest BCUT2D eigenvalue weighted by atomic mass is 35.5. The smallest absolute Gasteiger partial charge is 0.151 e. The number of aromatic nitrogens is 2. The third-order valence-corrected chi connectivity index (χ3v) is 4.36. The number of imidazole rings is 1. The third kappa shape index (κ3) is 2.09. The van der Waals surface area contributed by atoms with Gasteiger partial charge in [-0.15, -0.1) is 11.3 Å². The Labute approximate surface area is 126 Å². The Balaban J connectivity index is 2.31. The predicted octanol–water partition coefficient (Wildman–Crippen LogP) is 4.87. The normalized spacial score (nSPS) is 11.2. The van der Waals surface area contributed by atoms with Gasteiger partial charge in [-0.05, 0) is 44.2 Å². The van der Waals surface area contributed by atoms with Crippen LogP contribution in [0.4, 0.5) is 0 Å². The van der Waals surface area contributed by atoms with Crippen molar-refractivity contribution in [2.24, 2.45) is 0 Å². The first kappa shape index (κ1) is 13.2. The maximum atomic E-state index is 9.00. The molecule has 2 heterocycles. The Morgan fingerprint density at radius 1 is 1.30 bits per heavy atom. The van der Waals surface area contributed by atoms with Gasteiger partial charge in [-0.25, -0.2) is 4.98 Å². The van der Waals surface area contributed by atoms with Crippen LogP contribution >= 0.6 is 22.9 Å². The lowest BCUT2D eigenvalue weighted by Crippen LogP contribution is -2.02. The number of fused-ring (bicyclic) bond motifs is 1. The molecule has 0 amide bonds. The fourth-order valence-electron chi connectivity index (χ4n) is 2.30. The maximum absolute atomic E-state index is 9.00. The average molecular weight is 302 g/mol. The van der Waals surface area contributed by atoms with Crippen LogP contribution in [0.5, 0.6) is 0 Å². The fourth-order valence-corrected chi connectivity index (χ4v) is 3.33. The second-order valence-corrected chi connectivity index (χ2v) is 6.53. The molecule has 0 aliphatic heterocycles. The van der Waals surface area contributed by atoms with Crippen molar-refractivity contribution in [2.75, 3.05) is 0 Å². The second-order valence-electron chi connectivity index (χ2n) is 4.82. The lowest BCUT2D eigenvalue weighted by atomic mass is 10.2. The number of hydrogen-bond donors (Lipinski definition) is 0. The zero-order valence-electron chi connectivity index (χ0n) is 11.1. The standard InChI is InChI=1S/C15H12ClN3S/c1-9(2)19-12-4-3-10(8-17)7-11(12)18-15(19)13-5-6-14(16)20-13/h3-7,9H,1-2H3. The molecular formula is C15H12ClN3S. The minimum absolute atomic E-state index is 0.281. The van der Waals surface area contributed by atoms with Crippen LogP contribution in [-0.2, 0) is 0 Å². The quantitative estimate of drug-likeness (QED) is 0.677. The van der Waals surface area contributed by atoms with Crippen LogP contribution in [-0.4, -0.2) is 9.55 Å². The van der Waals surface area contributed by atoms with Crippen molar-refractivity contribution in [1.82, 2.24) is 9.55 Å². The predicted molar refractivity (Wildman–Crippen MR) is 83.2 cm³/mol. The number of halogens is 1. The molecule has 0 spiro atoms. The molecule has 20 heavy (non-hydrogen) atoms. The molecule has 0 radical (unpaired) electrons. The van der Waals surface area contributed by atoms with Gasteiger partial charge in [0.25, 0.3) is 0 Å². The largest absolute Gasteiger partial charge is 0.321 e. The molecule has 0 aliphatic rings. The van der Waals surface area contributed by atoms with E-state index in [-0.39, 0.29) is 6.04 Å². The number of rotatable bonds is 2. The van der Waals surface area contributed by atoms with E-state index in [1.807, 2.05) is 30.3 Å². The number of hydrogen-bond acceptors (Lipinski definition) is 3. The Hall–Kier alpha value is -1.83. The first-order chi connectivity index (χ1) is 9.60. The summed E-state index contributed by atoms with van der Waals surface area (Å²) in [4.78, 5) is 5.73. The van der Waals surface area contributed by atoms with Gasteiger partial charge in [-0.2, -0.15) is 5.26 Å². The van der Waals surface area contributed by atoms with Crippen molar-refractivity contribution in [2.45, 2.75) is 19.9 Å². The van der Waals surface area contributed by atoms with E-state index in [4.69, 9.17) is 16.9 Å². The minimum atomic E-state index is 0.281. The SMILES string of the molecule is CC(C)n1c(-c2ccc(Cl)s2)nc2cc(C#N)ccc21. The van der Waals surface area contributed by atoms with E-state index in [0.717, 1.165) is 26.1 Å². The summed E-state index contributed by atoms with van der Waals surface area (Å²) in [5, 5.41) is 9.00. The van der Waals surface area contributed by atoms with Gasteiger partial charge < -0.3 is 4.57 Å². The number of nitriles is 1. The second kappa shape index (κ2) is 4.93. The number of benzene rings is 1. The fraction of sp³-hybridized carbons (Fsp3) is 0.200. The van der Waals surface area contributed by atoms with Crippen LogP contribution in [0.3, 0.4) is 0 Å². The summed E-state index contributed by atoms with van der Waals surface area (Å²) in [5.41, 5.74) is 2.51. The summed E-state index contributed by atoms with van der Waals surface area (Å²) in [7, 11) is 0. The lowest BCUT2D eigenvalue weighted by molar-refractivity contribution is 0.625. The summed E-state index contributed by atoms with van der Waals surface area (Å²) >= 11 is 7.54. The number of nitrogens with zero attached hydrogens (tertiary/aromatic N) is 3. The van der Waals surface area contributed by atoms with Crippen molar-refractivity contribution in [3.05, 3.63) is 40.2 Å². The van der Waals surface area contributed by atoms with Crippen LogP contribution in [0.1, 0.15) is 25.5 Å². The molecule has 0 N–H and O–H groups in total. The van der Waals surface area contributed by atoms with E-state index in [9.17, 15) is 0 Å². The Kier molecular flexibility index (Phi) is 3.25. The first-order valence-electron chi connectivity index (χ1n) is 6.28. The van der Waals surface area contributed by atoms with Gasteiger partial charge in [0.15, 0.2) is 5.82 Å². The zero-order chi connectivity index (χ0) is 14.3. The van der Waals surface area contributed by atoms with Gasteiger partial charge in [0.05, 0.1) is 31.9 Å². The molecule has 2 aromatic heterocycles. The molecule has 5 heteroatoms. The Morgan fingerprint density at radius 3 is 2.70 bits per heavy atom. The molecule has 3 aromatic rings. The highest BCUT2D eigenvalue weighted by Crippen LogP contribution is 2.34. The molecule has 3 nitrogen and oxygen atoms in total. The maximum Gasteiger partial charge on any atom is 0.151 e. The molecule has 0 saturated heterocycles. The lowest BCUT2D eigenvalue weighted by Gasteiger charge is -2.11. The van der Waals surface area contributed by atoms with E-state index in [1.165, 1.54) is 11.3 Å². The van der Waals surface area contributed by atoms with Crippen molar-refractivity contribution in [1.29, 1.82) is 5.26 Å². The monoisotopic (exact) mass is 301 g/mol. The van der Waals surface area contributed by atoms with Crippen molar-refractivity contribution < 1.29 is 0 Å². The van der Waals surface area contributed by atoms with Crippen LogP contribution in [0.2, 0.25) is 4.34 Å². The third-order valence-electron chi connectivity index (χ3n) is 3.13.